The van der Waals surface area contributed by atoms with E-state index in [-0.39, 0.29) is 0 Å². The first kappa shape index (κ1) is 27.6. The molecule has 1 aliphatic carbocycles. The van der Waals surface area contributed by atoms with Crippen LogP contribution in [0.3, 0.4) is 0 Å². The van der Waals surface area contributed by atoms with E-state index >= 15 is 0 Å². The molecule has 0 saturated heterocycles. The number of allylic oxidation sites excluding steroid dienone is 1. The molecule has 0 fully saturated rings. The second kappa shape index (κ2) is 10.6. The standard InChI is InChI=1S/C48H32N2/c1-3-12-34-27-38(22-17-31(34)9-1)49-44-16-8-7-15-41(44)42-29-36(20-24-45(42)49)37-21-25-46-43(30-37)48-40-14-6-5-11-33(40)19-26-47(48)50(46)39-23-18-32-10-2-4-13-35(32)28-39/h1-7,9-15,17-30H,8,16H2. The first-order valence-electron chi connectivity index (χ1n) is 17.6. The lowest BCUT2D eigenvalue weighted by molar-refractivity contribution is 0.889. The molecule has 2 heteroatoms. The lowest BCUT2D eigenvalue weighted by atomic mass is 9.97. The molecular formula is C48H32N2. The maximum Gasteiger partial charge on any atom is 0.0547 e. The normalized spacial score (nSPS) is 13.0. The van der Waals surface area contributed by atoms with Crippen LogP contribution < -0.4 is 0 Å². The molecule has 10 aromatic rings. The van der Waals surface area contributed by atoms with Gasteiger partial charge in [0.05, 0.1) is 16.6 Å². The highest BCUT2D eigenvalue weighted by Crippen LogP contribution is 2.41. The Labute approximate surface area is 289 Å². The number of benzene rings is 8. The SMILES string of the molecule is C1=Cc2c(n(-c3ccc4ccccc4c3)c3ccc(-c4ccc5c(c4)c4c6ccccc6ccc4n5-c4ccc5ccccc5c4)cc23)CC1. The Bertz CT molecular complexity index is 3040. The summed E-state index contributed by atoms with van der Waals surface area (Å²) in [4.78, 5) is 0. The van der Waals surface area contributed by atoms with Crippen molar-refractivity contribution in [3.63, 3.8) is 0 Å². The van der Waals surface area contributed by atoms with Crippen LogP contribution in [0.1, 0.15) is 17.7 Å². The minimum Gasteiger partial charge on any atom is -0.313 e. The van der Waals surface area contributed by atoms with Crippen LogP contribution in [0, 0.1) is 0 Å². The zero-order valence-electron chi connectivity index (χ0n) is 27.5. The molecule has 8 aromatic carbocycles. The summed E-state index contributed by atoms with van der Waals surface area (Å²) in [6.07, 6.45) is 6.78. The zero-order valence-corrected chi connectivity index (χ0v) is 27.5. The third-order valence-corrected chi connectivity index (χ3v) is 10.9. The van der Waals surface area contributed by atoms with Crippen molar-refractivity contribution >= 4 is 71.1 Å². The van der Waals surface area contributed by atoms with Gasteiger partial charge in [0.15, 0.2) is 0 Å². The van der Waals surface area contributed by atoms with Crippen LogP contribution in [0.15, 0.2) is 164 Å². The molecule has 0 atom stereocenters. The van der Waals surface area contributed by atoms with Gasteiger partial charge in [-0.3, -0.25) is 0 Å². The largest absolute Gasteiger partial charge is 0.313 e. The number of aromatic nitrogens is 2. The third kappa shape index (κ3) is 4.02. The number of fused-ring (bicyclic) bond motifs is 10. The Morgan fingerprint density at radius 2 is 0.960 bits per heavy atom. The minimum atomic E-state index is 1.04. The first-order valence-corrected chi connectivity index (χ1v) is 17.6. The van der Waals surface area contributed by atoms with Gasteiger partial charge in [0.25, 0.3) is 0 Å². The summed E-state index contributed by atoms with van der Waals surface area (Å²) < 4.78 is 4.94. The van der Waals surface area contributed by atoms with E-state index in [1.165, 1.54) is 98.8 Å². The highest BCUT2D eigenvalue weighted by molar-refractivity contribution is 6.22. The van der Waals surface area contributed by atoms with E-state index in [1.807, 2.05) is 0 Å². The quantitative estimate of drug-likeness (QED) is 0.183. The maximum absolute atomic E-state index is 2.50. The van der Waals surface area contributed by atoms with Crippen molar-refractivity contribution in [2.75, 3.05) is 0 Å². The summed E-state index contributed by atoms with van der Waals surface area (Å²) in [7, 11) is 0. The molecule has 234 valence electrons. The predicted octanol–water partition coefficient (Wildman–Crippen LogP) is 12.8. The van der Waals surface area contributed by atoms with Crippen LogP contribution in [-0.4, -0.2) is 9.13 Å². The summed E-state index contributed by atoms with van der Waals surface area (Å²) in [5, 5.41) is 11.5. The molecule has 0 unspecified atom stereocenters. The van der Waals surface area contributed by atoms with Gasteiger partial charge in [0.1, 0.15) is 0 Å². The lowest BCUT2D eigenvalue weighted by Crippen LogP contribution is -2.02. The molecule has 0 amide bonds. The first-order chi connectivity index (χ1) is 24.8. The van der Waals surface area contributed by atoms with E-state index < -0.39 is 0 Å². The molecule has 1 aliphatic rings. The van der Waals surface area contributed by atoms with Gasteiger partial charge in [0.2, 0.25) is 0 Å². The van der Waals surface area contributed by atoms with Crippen LogP contribution in [0.5, 0.6) is 0 Å². The Hall–Kier alpha value is -6.38. The van der Waals surface area contributed by atoms with Gasteiger partial charge in [-0.05, 0) is 111 Å². The van der Waals surface area contributed by atoms with Crippen LogP contribution in [0.25, 0.3) is 93.6 Å². The van der Waals surface area contributed by atoms with E-state index in [0.29, 0.717) is 0 Å². The summed E-state index contributed by atoms with van der Waals surface area (Å²) in [5.74, 6) is 0. The van der Waals surface area contributed by atoms with Crippen molar-refractivity contribution in [3.05, 3.63) is 175 Å². The topological polar surface area (TPSA) is 9.86 Å². The van der Waals surface area contributed by atoms with E-state index in [9.17, 15) is 0 Å². The van der Waals surface area contributed by atoms with Crippen LogP contribution >= 0.6 is 0 Å². The van der Waals surface area contributed by atoms with Crippen molar-refractivity contribution < 1.29 is 0 Å². The van der Waals surface area contributed by atoms with Gasteiger partial charge in [-0.1, -0.05) is 115 Å². The molecule has 2 nitrogen and oxygen atoms in total. The van der Waals surface area contributed by atoms with Gasteiger partial charge >= 0.3 is 0 Å². The van der Waals surface area contributed by atoms with Crippen molar-refractivity contribution in [1.82, 2.24) is 9.13 Å². The Kier molecular flexibility index (Phi) is 5.82. The van der Waals surface area contributed by atoms with E-state index in [0.717, 1.165) is 12.8 Å². The molecule has 50 heavy (non-hydrogen) atoms. The van der Waals surface area contributed by atoms with Crippen LogP contribution in [-0.2, 0) is 6.42 Å². The predicted molar refractivity (Wildman–Crippen MR) is 213 cm³/mol. The van der Waals surface area contributed by atoms with Gasteiger partial charge in [-0.2, -0.15) is 0 Å². The third-order valence-electron chi connectivity index (χ3n) is 10.9. The van der Waals surface area contributed by atoms with Crippen molar-refractivity contribution in [1.29, 1.82) is 0 Å². The van der Waals surface area contributed by atoms with Gasteiger partial charge in [-0.25, -0.2) is 0 Å². The van der Waals surface area contributed by atoms with Crippen LogP contribution in [0.4, 0.5) is 0 Å². The Morgan fingerprint density at radius 3 is 1.68 bits per heavy atom. The van der Waals surface area contributed by atoms with E-state index in [2.05, 4.69) is 179 Å². The fraction of sp³-hybridized carbons (Fsp3) is 0.0417. The number of rotatable bonds is 3. The van der Waals surface area contributed by atoms with E-state index in [1.54, 1.807) is 0 Å². The molecular weight excluding hydrogens is 605 g/mol. The summed E-state index contributed by atoms with van der Waals surface area (Å²) in [6, 6.07) is 58.4. The molecule has 0 spiro atoms. The van der Waals surface area contributed by atoms with Crippen molar-refractivity contribution in [2.24, 2.45) is 0 Å². The molecule has 11 rings (SSSR count). The molecule has 0 radical (unpaired) electrons. The van der Waals surface area contributed by atoms with Crippen molar-refractivity contribution in [3.8, 4) is 22.5 Å². The molecule has 0 saturated carbocycles. The molecule has 2 aromatic heterocycles. The second-order valence-corrected chi connectivity index (χ2v) is 13.7. The fourth-order valence-corrected chi connectivity index (χ4v) is 8.58. The maximum atomic E-state index is 2.50. The number of nitrogens with zero attached hydrogens (tertiary/aromatic N) is 2. The number of hydrogen-bond donors (Lipinski definition) is 0. The second-order valence-electron chi connectivity index (χ2n) is 13.7. The summed E-state index contributed by atoms with van der Waals surface area (Å²) in [6.45, 7) is 0. The summed E-state index contributed by atoms with van der Waals surface area (Å²) >= 11 is 0. The Balaban J connectivity index is 1.14. The molecule has 0 aliphatic heterocycles. The van der Waals surface area contributed by atoms with Crippen LogP contribution in [0.2, 0.25) is 0 Å². The van der Waals surface area contributed by atoms with Gasteiger partial charge < -0.3 is 9.13 Å². The summed E-state index contributed by atoms with van der Waals surface area (Å²) in [5.41, 5.74) is 11.3. The van der Waals surface area contributed by atoms with Crippen molar-refractivity contribution in [2.45, 2.75) is 12.8 Å². The van der Waals surface area contributed by atoms with Gasteiger partial charge in [-0.15, -0.1) is 0 Å². The monoisotopic (exact) mass is 636 g/mol. The average molecular weight is 637 g/mol. The zero-order chi connectivity index (χ0) is 32.8. The number of hydrogen-bond acceptors (Lipinski definition) is 0. The lowest BCUT2D eigenvalue weighted by Gasteiger charge is -2.14. The smallest absolute Gasteiger partial charge is 0.0547 e. The molecule has 0 bridgehead atoms. The minimum absolute atomic E-state index is 1.04. The van der Waals surface area contributed by atoms with Gasteiger partial charge in [0, 0.05) is 38.8 Å². The molecule has 2 heterocycles. The highest BCUT2D eigenvalue weighted by Gasteiger charge is 2.21. The average Bonchev–Trinajstić information content (AvgIpc) is 3.70. The molecule has 0 N–H and O–H groups in total. The highest BCUT2D eigenvalue weighted by atomic mass is 15.0. The van der Waals surface area contributed by atoms with E-state index in [4.69, 9.17) is 0 Å². The Morgan fingerprint density at radius 1 is 0.400 bits per heavy atom. The fourth-order valence-electron chi connectivity index (χ4n) is 8.58.